The van der Waals surface area contributed by atoms with Crippen LogP contribution in [0, 0.1) is 5.92 Å². The third-order valence-electron chi connectivity index (χ3n) is 2.66. The molecule has 0 saturated heterocycles. The Bertz CT molecular complexity index is 171. The van der Waals surface area contributed by atoms with Gasteiger partial charge in [-0.1, -0.05) is 19.4 Å². The van der Waals surface area contributed by atoms with E-state index in [0.29, 0.717) is 12.0 Å². The molecule has 0 aromatic rings. The van der Waals surface area contributed by atoms with E-state index >= 15 is 0 Å². The van der Waals surface area contributed by atoms with E-state index in [2.05, 4.69) is 18.8 Å². The predicted molar refractivity (Wildman–Crippen MR) is 49.8 cm³/mol. The largest absolute Gasteiger partial charge is 0.350 e. The third-order valence-corrected chi connectivity index (χ3v) is 2.66. The van der Waals surface area contributed by atoms with Crippen LogP contribution in [0.2, 0.25) is 0 Å². The molecular formula is C10H17NO. The molecule has 0 aromatic heterocycles. The van der Waals surface area contributed by atoms with Crippen molar-refractivity contribution in [2.75, 3.05) is 0 Å². The van der Waals surface area contributed by atoms with Crippen LogP contribution in [0.15, 0.2) is 12.7 Å². The number of hydrogen-bond acceptors (Lipinski definition) is 1. The van der Waals surface area contributed by atoms with E-state index in [1.54, 1.807) is 0 Å². The molecule has 1 rings (SSSR count). The van der Waals surface area contributed by atoms with E-state index in [9.17, 15) is 4.79 Å². The molecule has 2 heteroatoms. The minimum Gasteiger partial charge on any atom is -0.350 e. The fourth-order valence-corrected chi connectivity index (χ4v) is 1.86. The Hall–Kier alpha value is -0.790. The van der Waals surface area contributed by atoms with Gasteiger partial charge in [-0.3, -0.25) is 4.79 Å². The lowest BCUT2D eigenvalue weighted by molar-refractivity contribution is -0.117. The van der Waals surface area contributed by atoms with Gasteiger partial charge in [0.25, 0.3) is 0 Å². The van der Waals surface area contributed by atoms with Gasteiger partial charge in [0.1, 0.15) is 0 Å². The van der Waals surface area contributed by atoms with E-state index in [-0.39, 0.29) is 5.91 Å². The Kier molecular flexibility index (Phi) is 3.32. The van der Waals surface area contributed by atoms with Gasteiger partial charge in [-0.25, -0.2) is 0 Å². The average molecular weight is 167 g/mol. The van der Waals surface area contributed by atoms with E-state index in [1.807, 2.05) is 0 Å². The maximum Gasteiger partial charge on any atom is 0.243 e. The quantitative estimate of drug-likeness (QED) is 0.639. The molecular weight excluding hydrogens is 150 g/mol. The molecule has 0 radical (unpaired) electrons. The molecule has 0 aliphatic heterocycles. The van der Waals surface area contributed by atoms with Crippen molar-refractivity contribution >= 4 is 5.91 Å². The first-order chi connectivity index (χ1) is 5.74. The molecule has 1 unspecified atom stereocenters. The van der Waals surface area contributed by atoms with Crippen LogP contribution in [0.3, 0.4) is 0 Å². The molecule has 68 valence electrons. The summed E-state index contributed by atoms with van der Waals surface area (Å²) in [5.41, 5.74) is 0. The SMILES string of the molecule is C=CC(=O)NC(C)C1CCCC1. The summed E-state index contributed by atoms with van der Waals surface area (Å²) in [5, 5.41) is 2.91. The molecule has 1 fully saturated rings. The summed E-state index contributed by atoms with van der Waals surface area (Å²) in [6, 6.07) is 0.318. The number of carbonyl (C=O) groups is 1. The minimum absolute atomic E-state index is 0.0469. The van der Waals surface area contributed by atoms with E-state index < -0.39 is 0 Å². The van der Waals surface area contributed by atoms with Crippen molar-refractivity contribution in [3.8, 4) is 0 Å². The highest BCUT2D eigenvalue weighted by Gasteiger charge is 2.21. The molecule has 1 N–H and O–H groups in total. The molecule has 0 bridgehead atoms. The fourth-order valence-electron chi connectivity index (χ4n) is 1.86. The highest BCUT2D eigenvalue weighted by molar-refractivity contribution is 5.87. The number of nitrogens with one attached hydrogen (secondary N) is 1. The summed E-state index contributed by atoms with van der Waals surface area (Å²) >= 11 is 0. The maximum atomic E-state index is 10.9. The van der Waals surface area contributed by atoms with Crippen molar-refractivity contribution in [2.24, 2.45) is 5.92 Å². The Morgan fingerprint density at radius 3 is 2.67 bits per heavy atom. The van der Waals surface area contributed by atoms with Gasteiger partial charge in [0.05, 0.1) is 0 Å². The zero-order valence-corrected chi connectivity index (χ0v) is 7.68. The Morgan fingerprint density at radius 1 is 1.58 bits per heavy atom. The predicted octanol–water partition coefficient (Wildman–Crippen LogP) is 1.87. The molecule has 0 heterocycles. The van der Waals surface area contributed by atoms with Crippen LogP contribution in [0.25, 0.3) is 0 Å². The third kappa shape index (κ3) is 2.36. The molecule has 1 aliphatic rings. The molecule has 0 aromatic carbocycles. The second kappa shape index (κ2) is 4.29. The zero-order valence-electron chi connectivity index (χ0n) is 7.68. The first-order valence-electron chi connectivity index (χ1n) is 4.67. The van der Waals surface area contributed by atoms with Gasteiger partial charge >= 0.3 is 0 Å². The summed E-state index contributed by atoms with van der Waals surface area (Å²) in [6.07, 6.45) is 6.50. The number of rotatable bonds is 3. The van der Waals surface area contributed by atoms with Gasteiger partial charge in [-0.2, -0.15) is 0 Å². The molecule has 1 aliphatic carbocycles. The first kappa shape index (κ1) is 9.30. The van der Waals surface area contributed by atoms with Gasteiger partial charge < -0.3 is 5.32 Å². The van der Waals surface area contributed by atoms with Crippen molar-refractivity contribution in [2.45, 2.75) is 38.6 Å². The molecule has 0 spiro atoms. The summed E-state index contributed by atoms with van der Waals surface area (Å²) in [5.74, 6) is 0.642. The van der Waals surface area contributed by atoms with Crippen LogP contribution >= 0.6 is 0 Å². The van der Waals surface area contributed by atoms with Gasteiger partial charge in [-0.15, -0.1) is 0 Å². The van der Waals surface area contributed by atoms with Crippen LogP contribution in [0.1, 0.15) is 32.6 Å². The lowest BCUT2D eigenvalue weighted by Crippen LogP contribution is -2.35. The minimum atomic E-state index is -0.0469. The van der Waals surface area contributed by atoms with Gasteiger partial charge in [0, 0.05) is 6.04 Å². The highest BCUT2D eigenvalue weighted by atomic mass is 16.1. The zero-order chi connectivity index (χ0) is 8.97. The Morgan fingerprint density at radius 2 is 2.17 bits per heavy atom. The standard InChI is InChI=1S/C10H17NO/c1-3-10(12)11-8(2)9-6-4-5-7-9/h3,8-9H,1,4-7H2,2H3,(H,11,12). The van der Waals surface area contributed by atoms with Crippen LogP contribution in [-0.4, -0.2) is 11.9 Å². The van der Waals surface area contributed by atoms with Crippen molar-refractivity contribution in [1.29, 1.82) is 0 Å². The Labute approximate surface area is 74.0 Å². The van der Waals surface area contributed by atoms with Gasteiger partial charge in [-0.05, 0) is 31.8 Å². The first-order valence-corrected chi connectivity index (χ1v) is 4.67. The number of amides is 1. The molecule has 1 atom stereocenters. The van der Waals surface area contributed by atoms with Crippen molar-refractivity contribution < 1.29 is 4.79 Å². The van der Waals surface area contributed by atoms with Gasteiger partial charge in [0.15, 0.2) is 0 Å². The van der Waals surface area contributed by atoms with Crippen LogP contribution in [-0.2, 0) is 4.79 Å². The van der Waals surface area contributed by atoms with E-state index in [4.69, 9.17) is 0 Å². The fraction of sp³-hybridized carbons (Fsp3) is 0.700. The number of hydrogen-bond donors (Lipinski definition) is 1. The van der Waals surface area contributed by atoms with Crippen molar-refractivity contribution in [3.63, 3.8) is 0 Å². The van der Waals surface area contributed by atoms with Crippen LogP contribution < -0.4 is 5.32 Å². The average Bonchev–Trinajstić information content (AvgIpc) is 2.56. The normalized spacial score (nSPS) is 20.4. The second-order valence-corrected chi connectivity index (χ2v) is 3.55. The summed E-state index contributed by atoms with van der Waals surface area (Å²) in [6.45, 7) is 5.51. The summed E-state index contributed by atoms with van der Waals surface area (Å²) in [7, 11) is 0. The van der Waals surface area contributed by atoms with Gasteiger partial charge in [0.2, 0.25) is 5.91 Å². The summed E-state index contributed by atoms with van der Waals surface area (Å²) in [4.78, 5) is 10.9. The molecule has 1 amide bonds. The molecule has 12 heavy (non-hydrogen) atoms. The number of carbonyl (C=O) groups excluding carboxylic acids is 1. The molecule has 2 nitrogen and oxygen atoms in total. The van der Waals surface area contributed by atoms with E-state index in [1.165, 1.54) is 31.8 Å². The van der Waals surface area contributed by atoms with Crippen molar-refractivity contribution in [3.05, 3.63) is 12.7 Å². The van der Waals surface area contributed by atoms with Crippen LogP contribution in [0.4, 0.5) is 0 Å². The second-order valence-electron chi connectivity index (χ2n) is 3.55. The summed E-state index contributed by atoms with van der Waals surface area (Å²) < 4.78 is 0. The highest BCUT2D eigenvalue weighted by Crippen LogP contribution is 2.27. The van der Waals surface area contributed by atoms with Crippen LogP contribution in [0.5, 0.6) is 0 Å². The lowest BCUT2D eigenvalue weighted by atomic mass is 10.00. The van der Waals surface area contributed by atoms with E-state index in [0.717, 1.165) is 0 Å². The smallest absolute Gasteiger partial charge is 0.243 e. The molecule has 1 saturated carbocycles. The maximum absolute atomic E-state index is 10.9. The lowest BCUT2D eigenvalue weighted by Gasteiger charge is -2.19. The monoisotopic (exact) mass is 167 g/mol. The topological polar surface area (TPSA) is 29.1 Å². The Balaban J connectivity index is 2.31. The van der Waals surface area contributed by atoms with Crippen molar-refractivity contribution in [1.82, 2.24) is 5.32 Å².